The molecule has 1 unspecified atom stereocenters. The number of allylic oxidation sites excluding steroid dienone is 1. The number of rotatable bonds is 0. The van der Waals surface area contributed by atoms with Crippen LogP contribution >= 0.6 is 11.3 Å². The highest BCUT2D eigenvalue weighted by atomic mass is 32.1. The Balaban J connectivity index is 1.99. The van der Waals surface area contributed by atoms with Gasteiger partial charge in [0, 0.05) is 17.0 Å². The Morgan fingerprint density at radius 1 is 1.25 bits per heavy atom. The molecule has 0 aliphatic carbocycles. The fourth-order valence-corrected chi connectivity index (χ4v) is 4.37. The molecule has 0 spiro atoms. The third kappa shape index (κ3) is 1.36. The van der Waals surface area contributed by atoms with Crippen molar-refractivity contribution in [1.82, 2.24) is 4.90 Å². The van der Waals surface area contributed by atoms with Gasteiger partial charge < -0.3 is 4.90 Å². The van der Waals surface area contributed by atoms with Crippen LogP contribution in [0.2, 0.25) is 0 Å². The topological polar surface area (TPSA) is 20.3 Å². The number of carbonyl (C=O) groups is 1. The highest BCUT2D eigenvalue weighted by Crippen LogP contribution is 2.45. The van der Waals surface area contributed by atoms with Crippen LogP contribution in [-0.4, -0.2) is 10.8 Å². The van der Waals surface area contributed by atoms with E-state index in [9.17, 15) is 4.79 Å². The molecule has 4 rings (SSSR count). The Labute approximate surface area is 122 Å². The van der Waals surface area contributed by atoms with Crippen molar-refractivity contribution < 1.29 is 4.79 Å². The molecule has 0 saturated carbocycles. The zero-order chi connectivity index (χ0) is 13.9. The van der Waals surface area contributed by atoms with E-state index >= 15 is 0 Å². The molecule has 0 N–H and O–H groups in total. The molecule has 3 heterocycles. The van der Waals surface area contributed by atoms with Gasteiger partial charge in [0.25, 0.3) is 5.91 Å². The van der Waals surface area contributed by atoms with E-state index < -0.39 is 0 Å². The molecule has 1 amide bonds. The summed E-state index contributed by atoms with van der Waals surface area (Å²) >= 11 is 1.76. The van der Waals surface area contributed by atoms with E-state index in [1.807, 2.05) is 23.1 Å². The summed E-state index contributed by atoms with van der Waals surface area (Å²) in [4.78, 5) is 16.0. The van der Waals surface area contributed by atoms with Gasteiger partial charge >= 0.3 is 0 Å². The molecule has 2 aliphatic rings. The fraction of sp³-hybridized carbons (Fsp3) is 0.235. The van der Waals surface area contributed by atoms with Gasteiger partial charge in [-0.3, -0.25) is 4.79 Å². The average molecular weight is 281 g/mol. The number of thiophene rings is 1. The van der Waals surface area contributed by atoms with Gasteiger partial charge in [-0.05, 0) is 48.1 Å². The molecule has 1 aromatic carbocycles. The van der Waals surface area contributed by atoms with Gasteiger partial charge in [0.05, 0.1) is 5.54 Å². The van der Waals surface area contributed by atoms with Crippen molar-refractivity contribution >= 4 is 22.8 Å². The number of carbonyl (C=O) groups excluding carboxylic acids is 1. The van der Waals surface area contributed by atoms with Crippen LogP contribution < -0.4 is 0 Å². The molecule has 20 heavy (non-hydrogen) atoms. The van der Waals surface area contributed by atoms with Crippen LogP contribution in [0.4, 0.5) is 0 Å². The maximum atomic E-state index is 12.7. The zero-order valence-electron chi connectivity index (χ0n) is 11.5. The first-order valence-electron chi connectivity index (χ1n) is 6.79. The Kier molecular flexibility index (Phi) is 2.28. The largest absolute Gasteiger partial charge is 0.321 e. The number of nitrogens with zero attached hydrogens (tertiary/aromatic N) is 1. The molecular weight excluding hydrogens is 266 g/mol. The van der Waals surface area contributed by atoms with Gasteiger partial charge in [-0.15, -0.1) is 11.3 Å². The molecule has 3 heteroatoms. The molecule has 2 aromatic rings. The Morgan fingerprint density at radius 2 is 2.05 bits per heavy atom. The smallest absolute Gasteiger partial charge is 0.255 e. The summed E-state index contributed by atoms with van der Waals surface area (Å²) < 4.78 is 0. The van der Waals surface area contributed by atoms with Crippen LogP contribution in [0.15, 0.2) is 41.8 Å². The van der Waals surface area contributed by atoms with Gasteiger partial charge in [-0.2, -0.15) is 0 Å². The molecule has 1 aromatic heterocycles. The predicted molar refractivity (Wildman–Crippen MR) is 81.6 cm³/mol. The maximum absolute atomic E-state index is 12.7. The molecule has 0 bridgehead atoms. The van der Waals surface area contributed by atoms with E-state index in [2.05, 4.69) is 37.4 Å². The number of fused-ring (bicyclic) bond motifs is 4. The Morgan fingerprint density at radius 3 is 2.90 bits per heavy atom. The van der Waals surface area contributed by atoms with Crippen molar-refractivity contribution in [2.24, 2.45) is 0 Å². The van der Waals surface area contributed by atoms with E-state index in [0.717, 1.165) is 11.1 Å². The summed E-state index contributed by atoms with van der Waals surface area (Å²) in [6.07, 6.45) is 2.25. The van der Waals surface area contributed by atoms with E-state index in [1.165, 1.54) is 16.0 Å². The van der Waals surface area contributed by atoms with Crippen LogP contribution in [-0.2, 0) is 12.1 Å². The molecule has 2 aliphatic heterocycles. The van der Waals surface area contributed by atoms with Crippen molar-refractivity contribution in [3.8, 4) is 0 Å². The number of benzene rings is 1. The van der Waals surface area contributed by atoms with Crippen LogP contribution in [0.5, 0.6) is 0 Å². The van der Waals surface area contributed by atoms with E-state index in [1.54, 1.807) is 11.3 Å². The average Bonchev–Trinajstić information content (AvgIpc) is 2.95. The summed E-state index contributed by atoms with van der Waals surface area (Å²) in [5, 5.41) is 2.11. The molecule has 0 saturated heterocycles. The molecular formula is C17H15NOS. The summed E-state index contributed by atoms with van der Waals surface area (Å²) in [6.45, 7) is 4.99. The first kappa shape index (κ1) is 11.9. The fourth-order valence-electron chi connectivity index (χ4n) is 3.47. The quantitative estimate of drug-likeness (QED) is 0.713. The van der Waals surface area contributed by atoms with Crippen molar-refractivity contribution in [3.05, 3.63) is 63.4 Å². The van der Waals surface area contributed by atoms with Gasteiger partial charge in [-0.25, -0.2) is 0 Å². The van der Waals surface area contributed by atoms with Crippen molar-refractivity contribution in [3.63, 3.8) is 0 Å². The van der Waals surface area contributed by atoms with Gasteiger partial charge in [0.15, 0.2) is 0 Å². The lowest BCUT2D eigenvalue weighted by Gasteiger charge is -2.32. The van der Waals surface area contributed by atoms with Gasteiger partial charge in [-0.1, -0.05) is 24.3 Å². The minimum Gasteiger partial charge on any atom is -0.321 e. The normalized spacial score (nSPS) is 23.8. The monoisotopic (exact) mass is 281 g/mol. The summed E-state index contributed by atoms with van der Waals surface area (Å²) in [6, 6.07) is 10.1. The third-order valence-corrected chi connectivity index (χ3v) is 5.53. The molecule has 0 radical (unpaired) electrons. The summed E-state index contributed by atoms with van der Waals surface area (Å²) in [5.74, 6) is 0.145. The molecule has 0 fully saturated rings. The highest BCUT2D eigenvalue weighted by molar-refractivity contribution is 7.11. The van der Waals surface area contributed by atoms with Crippen LogP contribution in [0.1, 0.15) is 40.2 Å². The van der Waals surface area contributed by atoms with E-state index in [0.29, 0.717) is 6.54 Å². The second-order valence-electron chi connectivity index (χ2n) is 5.69. The lowest BCUT2D eigenvalue weighted by Crippen LogP contribution is -2.38. The number of amides is 1. The van der Waals surface area contributed by atoms with E-state index in [4.69, 9.17) is 0 Å². The maximum Gasteiger partial charge on any atom is 0.255 e. The van der Waals surface area contributed by atoms with Crippen molar-refractivity contribution in [2.45, 2.75) is 25.9 Å². The minimum atomic E-state index is -0.323. The highest BCUT2D eigenvalue weighted by Gasteiger charge is 2.46. The lowest BCUT2D eigenvalue weighted by atomic mass is 9.90. The molecule has 1 atom stereocenters. The SMILES string of the molecule is CC1=CC2(C)c3ccccc3C(=O)N2Cc2ccsc21. The predicted octanol–water partition coefficient (Wildman–Crippen LogP) is 4.04. The molecule has 100 valence electrons. The second kappa shape index (κ2) is 3.83. The van der Waals surface area contributed by atoms with Crippen LogP contribution in [0, 0.1) is 0 Å². The first-order valence-corrected chi connectivity index (χ1v) is 7.67. The third-order valence-electron chi connectivity index (χ3n) is 4.44. The number of hydrogen-bond donors (Lipinski definition) is 0. The molecule has 2 nitrogen and oxygen atoms in total. The van der Waals surface area contributed by atoms with Crippen molar-refractivity contribution in [1.29, 1.82) is 0 Å². The summed E-state index contributed by atoms with van der Waals surface area (Å²) in [5.41, 5.74) is 4.17. The lowest BCUT2D eigenvalue weighted by molar-refractivity contribution is 0.0645. The van der Waals surface area contributed by atoms with Gasteiger partial charge in [0.1, 0.15) is 0 Å². The van der Waals surface area contributed by atoms with Crippen LogP contribution in [0.3, 0.4) is 0 Å². The van der Waals surface area contributed by atoms with Crippen molar-refractivity contribution in [2.75, 3.05) is 0 Å². The Hall–Kier alpha value is -1.87. The van der Waals surface area contributed by atoms with E-state index in [-0.39, 0.29) is 11.4 Å². The Bertz CT molecular complexity index is 758. The first-order chi connectivity index (χ1) is 9.61. The second-order valence-corrected chi connectivity index (χ2v) is 6.60. The standard InChI is InChI=1S/C17H15NOS/c1-11-9-17(2)14-6-4-3-5-13(14)16(19)18(17)10-12-7-8-20-15(11)12/h3-9H,10H2,1-2H3. The minimum absolute atomic E-state index is 0.145. The van der Waals surface area contributed by atoms with Gasteiger partial charge in [0.2, 0.25) is 0 Å². The summed E-state index contributed by atoms with van der Waals surface area (Å²) in [7, 11) is 0. The van der Waals surface area contributed by atoms with Crippen LogP contribution in [0.25, 0.3) is 5.57 Å². The number of hydrogen-bond acceptors (Lipinski definition) is 2. The zero-order valence-corrected chi connectivity index (χ0v) is 12.3.